The second-order valence-corrected chi connectivity index (χ2v) is 5.73. The summed E-state index contributed by atoms with van der Waals surface area (Å²) in [6.45, 7) is 1.30. The van der Waals surface area contributed by atoms with E-state index in [0.717, 1.165) is 15.7 Å². The quantitative estimate of drug-likeness (QED) is 0.748. The molecule has 1 N–H and O–H groups in total. The fraction of sp³-hybridized carbons (Fsp3) is 0.385. The number of carbonyl (C=O) groups is 1. The molecule has 1 saturated heterocycles. The number of rotatable bonds is 0. The van der Waals surface area contributed by atoms with Crippen LogP contribution in [0.25, 0.3) is 0 Å². The number of carbonyl (C=O) groups excluding carboxylic acids is 1. The Morgan fingerprint density at radius 2 is 2.11 bits per heavy atom. The van der Waals surface area contributed by atoms with Gasteiger partial charge in [0.05, 0.1) is 5.41 Å². The van der Waals surface area contributed by atoms with Gasteiger partial charge in [0.2, 0.25) is 5.91 Å². The number of nitriles is 1. The van der Waals surface area contributed by atoms with Crippen molar-refractivity contribution in [3.63, 3.8) is 0 Å². The SMILES string of the molecule is N#CN1CCC2(CC1)C(=O)Nc1ccc(Br)cc12. The van der Waals surface area contributed by atoms with Gasteiger partial charge in [0.1, 0.15) is 0 Å². The van der Waals surface area contributed by atoms with E-state index >= 15 is 0 Å². The molecule has 0 radical (unpaired) electrons. The lowest BCUT2D eigenvalue weighted by Crippen LogP contribution is -2.44. The highest BCUT2D eigenvalue weighted by molar-refractivity contribution is 9.10. The molecule has 3 rings (SSSR count). The van der Waals surface area contributed by atoms with Crippen LogP contribution in [0, 0.1) is 11.5 Å². The van der Waals surface area contributed by atoms with E-state index in [1.807, 2.05) is 18.2 Å². The lowest BCUT2D eigenvalue weighted by atomic mass is 9.74. The van der Waals surface area contributed by atoms with Crippen molar-refractivity contribution in [2.24, 2.45) is 0 Å². The number of benzene rings is 1. The number of halogens is 1. The molecule has 92 valence electrons. The molecule has 2 aliphatic rings. The normalized spacial score (nSPS) is 20.4. The first kappa shape index (κ1) is 11.5. The zero-order valence-electron chi connectivity index (χ0n) is 9.74. The number of nitrogens with zero attached hydrogens (tertiary/aromatic N) is 2. The summed E-state index contributed by atoms with van der Waals surface area (Å²) < 4.78 is 0.986. The van der Waals surface area contributed by atoms with Gasteiger partial charge in [-0.3, -0.25) is 4.79 Å². The summed E-state index contributed by atoms with van der Waals surface area (Å²) in [6, 6.07) is 5.89. The molecule has 0 aromatic heterocycles. The molecule has 2 aliphatic heterocycles. The van der Waals surface area contributed by atoms with E-state index in [9.17, 15) is 4.79 Å². The van der Waals surface area contributed by atoms with Crippen LogP contribution in [0.4, 0.5) is 5.69 Å². The monoisotopic (exact) mass is 305 g/mol. The van der Waals surface area contributed by atoms with Crippen LogP contribution in [0.3, 0.4) is 0 Å². The first-order valence-electron chi connectivity index (χ1n) is 5.92. The molecule has 0 saturated carbocycles. The minimum absolute atomic E-state index is 0.0770. The zero-order valence-corrected chi connectivity index (χ0v) is 11.3. The highest BCUT2D eigenvalue weighted by Crippen LogP contribution is 2.45. The van der Waals surface area contributed by atoms with E-state index in [0.29, 0.717) is 25.9 Å². The maximum absolute atomic E-state index is 12.3. The first-order valence-corrected chi connectivity index (χ1v) is 6.71. The number of amides is 1. The molecule has 0 unspecified atom stereocenters. The summed E-state index contributed by atoms with van der Waals surface area (Å²) in [5.74, 6) is 0.0770. The van der Waals surface area contributed by atoms with Gasteiger partial charge in [-0.2, -0.15) is 5.26 Å². The molecule has 18 heavy (non-hydrogen) atoms. The molecule has 1 fully saturated rings. The van der Waals surface area contributed by atoms with E-state index in [-0.39, 0.29) is 5.91 Å². The molecule has 1 spiro atoms. The molecular weight excluding hydrogens is 294 g/mol. The molecule has 1 aromatic rings. The van der Waals surface area contributed by atoms with Gasteiger partial charge in [0, 0.05) is 23.2 Å². The molecule has 1 aromatic carbocycles. The van der Waals surface area contributed by atoms with E-state index in [4.69, 9.17) is 5.26 Å². The van der Waals surface area contributed by atoms with Crippen molar-refractivity contribution < 1.29 is 4.79 Å². The average molecular weight is 306 g/mol. The predicted octanol–water partition coefficient (Wildman–Crippen LogP) is 2.22. The summed E-state index contributed by atoms with van der Waals surface area (Å²) in [5.41, 5.74) is 1.54. The van der Waals surface area contributed by atoms with Crippen molar-refractivity contribution in [2.45, 2.75) is 18.3 Å². The van der Waals surface area contributed by atoms with Gasteiger partial charge in [-0.05, 0) is 36.6 Å². The smallest absolute Gasteiger partial charge is 0.235 e. The Morgan fingerprint density at radius 1 is 1.39 bits per heavy atom. The van der Waals surface area contributed by atoms with Crippen LogP contribution in [-0.4, -0.2) is 23.9 Å². The topological polar surface area (TPSA) is 56.1 Å². The molecule has 2 heterocycles. The molecule has 1 amide bonds. The van der Waals surface area contributed by atoms with E-state index < -0.39 is 5.41 Å². The molecule has 0 aliphatic carbocycles. The largest absolute Gasteiger partial charge is 0.325 e. The number of anilines is 1. The van der Waals surface area contributed by atoms with Crippen molar-refractivity contribution in [3.05, 3.63) is 28.2 Å². The Balaban J connectivity index is 2.01. The fourth-order valence-electron chi connectivity index (χ4n) is 2.87. The standard InChI is InChI=1S/C13H12BrN3O/c14-9-1-2-11-10(7-9)13(12(18)16-11)3-5-17(8-15)6-4-13/h1-2,7H,3-6H2,(H,16,18). The fourth-order valence-corrected chi connectivity index (χ4v) is 3.23. The number of nitrogens with one attached hydrogen (secondary N) is 1. The van der Waals surface area contributed by atoms with Crippen LogP contribution in [0.5, 0.6) is 0 Å². The Labute approximate surface area is 114 Å². The summed E-state index contributed by atoms with van der Waals surface area (Å²) in [6.07, 6.45) is 3.56. The van der Waals surface area contributed by atoms with Crippen LogP contribution in [-0.2, 0) is 10.2 Å². The highest BCUT2D eigenvalue weighted by Gasteiger charge is 2.48. The number of hydrogen-bond acceptors (Lipinski definition) is 3. The predicted molar refractivity (Wildman–Crippen MR) is 70.9 cm³/mol. The van der Waals surface area contributed by atoms with E-state index in [1.54, 1.807) is 4.90 Å². The highest BCUT2D eigenvalue weighted by atomic mass is 79.9. The van der Waals surface area contributed by atoms with Crippen molar-refractivity contribution in [2.75, 3.05) is 18.4 Å². The minimum atomic E-state index is -0.438. The number of fused-ring (bicyclic) bond motifs is 2. The molecule has 5 heteroatoms. The summed E-state index contributed by atoms with van der Waals surface area (Å²) in [7, 11) is 0. The van der Waals surface area contributed by atoms with E-state index in [2.05, 4.69) is 27.4 Å². The average Bonchev–Trinajstić information content (AvgIpc) is 2.64. The third kappa shape index (κ3) is 1.52. The molecule has 0 bridgehead atoms. The van der Waals surface area contributed by atoms with Crippen LogP contribution < -0.4 is 5.32 Å². The van der Waals surface area contributed by atoms with Crippen molar-refractivity contribution in [1.82, 2.24) is 4.90 Å². The lowest BCUT2D eigenvalue weighted by Gasteiger charge is -2.35. The molecular formula is C13H12BrN3O. The van der Waals surface area contributed by atoms with Crippen LogP contribution in [0.2, 0.25) is 0 Å². The van der Waals surface area contributed by atoms with Gasteiger partial charge < -0.3 is 10.2 Å². The summed E-state index contributed by atoms with van der Waals surface area (Å²) in [5, 5.41) is 11.9. The van der Waals surface area contributed by atoms with Gasteiger partial charge in [0.15, 0.2) is 6.19 Å². The first-order chi connectivity index (χ1) is 8.65. The summed E-state index contributed by atoms with van der Waals surface area (Å²) in [4.78, 5) is 14.0. The van der Waals surface area contributed by atoms with Gasteiger partial charge in [-0.25, -0.2) is 0 Å². The Morgan fingerprint density at radius 3 is 2.78 bits per heavy atom. The maximum atomic E-state index is 12.3. The second kappa shape index (κ2) is 3.99. The number of piperidine rings is 1. The molecule has 0 atom stereocenters. The van der Waals surface area contributed by atoms with Crippen molar-refractivity contribution in [1.29, 1.82) is 5.26 Å². The second-order valence-electron chi connectivity index (χ2n) is 4.81. The number of hydrogen-bond donors (Lipinski definition) is 1. The molecule has 4 nitrogen and oxygen atoms in total. The maximum Gasteiger partial charge on any atom is 0.235 e. The third-order valence-corrected chi connectivity index (χ3v) is 4.43. The number of likely N-dealkylation sites (tertiary alicyclic amines) is 1. The van der Waals surface area contributed by atoms with Crippen LogP contribution in [0.1, 0.15) is 18.4 Å². The Kier molecular flexibility index (Phi) is 2.56. The van der Waals surface area contributed by atoms with Crippen molar-refractivity contribution >= 4 is 27.5 Å². The van der Waals surface area contributed by atoms with Gasteiger partial charge in [0.25, 0.3) is 0 Å². The van der Waals surface area contributed by atoms with Gasteiger partial charge in [-0.15, -0.1) is 0 Å². The van der Waals surface area contributed by atoms with Crippen LogP contribution >= 0.6 is 15.9 Å². The van der Waals surface area contributed by atoms with Gasteiger partial charge in [-0.1, -0.05) is 15.9 Å². The van der Waals surface area contributed by atoms with Crippen molar-refractivity contribution in [3.8, 4) is 6.19 Å². The Bertz CT molecular complexity index is 556. The minimum Gasteiger partial charge on any atom is -0.325 e. The Hall–Kier alpha value is -1.54. The van der Waals surface area contributed by atoms with Crippen LogP contribution in [0.15, 0.2) is 22.7 Å². The third-order valence-electron chi connectivity index (χ3n) is 3.94. The zero-order chi connectivity index (χ0) is 12.8. The summed E-state index contributed by atoms with van der Waals surface area (Å²) >= 11 is 3.46. The van der Waals surface area contributed by atoms with E-state index in [1.165, 1.54) is 0 Å². The van der Waals surface area contributed by atoms with Gasteiger partial charge >= 0.3 is 0 Å². The lowest BCUT2D eigenvalue weighted by molar-refractivity contribution is -0.122.